The van der Waals surface area contributed by atoms with Gasteiger partial charge in [0.2, 0.25) is 0 Å². The van der Waals surface area contributed by atoms with Gasteiger partial charge in [0.25, 0.3) is 0 Å². The molecule has 0 aromatic heterocycles. The molecule has 0 spiro atoms. The summed E-state index contributed by atoms with van der Waals surface area (Å²) in [5.41, 5.74) is 0. The molecule has 0 radical (unpaired) electrons. The first-order chi connectivity index (χ1) is 7.72. The molecule has 1 nitrogen and oxygen atoms in total. The molecule has 92 valence electrons. The minimum atomic E-state index is 1.12. The molecule has 0 aromatic rings. The van der Waals surface area contributed by atoms with Crippen molar-refractivity contribution in [2.45, 2.75) is 44.9 Å². The summed E-state index contributed by atoms with van der Waals surface area (Å²) in [5, 5.41) is 0. The van der Waals surface area contributed by atoms with Gasteiger partial charge in [0.15, 0.2) is 0 Å². The minimum Gasteiger partial charge on any atom is -0.309 e. The highest BCUT2D eigenvalue weighted by Crippen LogP contribution is 2.57. The van der Waals surface area contributed by atoms with Crippen LogP contribution in [0.25, 0.3) is 0 Å². The first kappa shape index (κ1) is 11.1. The average Bonchev–Trinajstić information content (AvgIpc) is 2.20. The smallest absolute Gasteiger partial charge is 0.00247 e. The van der Waals surface area contributed by atoms with Crippen molar-refractivity contribution >= 4 is 0 Å². The Morgan fingerprint density at radius 1 is 0.875 bits per heavy atom. The molecule has 0 amide bonds. The Bertz CT molecular complexity index is 218. The Labute approximate surface area is 101 Å². The summed E-state index contributed by atoms with van der Waals surface area (Å²) in [5.74, 6) is 5.68. The van der Waals surface area contributed by atoms with E-state index in [0.717, 1.165) is 29.6 Å². The Morgan fingerprint density at radius 2 is 1.44 bits per heavy atom. The minimum absolute atomic E-state index is 1.12. The molecule has 4 aliphatic rings. The third kappa shape index (κ3) is 2.03. The maximum Gasteiger partial charge on any atom is -0.00247 e. The van der Waals surface area contributed by atoms with E-state index in [1.165, 1.54) is 19.4 Å². The van der Waals surface area contributed by atoms with E-state index in [0.29, 0.717) is 0 Å². The second-order valence-corrected chi connectivity index (χ2v) is 7.04. The zero-order chi connectivity index (χ0) is 11.1. The first-order valence-electron chi connectivity index (χ1n) is 7.37. The fourth-order valence-corrected chi connectivity index (χ4v) is 5.15. The van der Waals surface area contributed by atoms with Gasteiger partial charge in [0.1, 0.15) is 0 Å². The second kappa shape index (κ2) is 4.33. The summed E-state index contributed by atoms with van der Waals surface area (Å²) in [6.45, 7) is 1.29. The molecule has 0 N–H and O–H groups in total. The SMILES string of the molecule is CN(C)CCCC1C2CC3CC(C2)CC1C3. The summed E-state index contributed by atoms with van der Waals surface area (Å²) in [6, 6.07) is 0. The van der Waals surface area contributed by atoms with Crippen LogP contribution in [-0.4, -0.2) is 25.5 Å². The molecular weight excluding hydrogens is 194 g/mol. The van der Waals surface area contributed by atoms with Crippen molar-refractivity contribution in [1.29, 1.82) is 0 Å². The van der Waals surface area contributed by atoms with Gasteiger partial charge in [0.05, 0.1) is 0 Å². The zero-order valence-electron chi connectivity index (χ0n) is 11.0. The van der Waals surface area contributed by atoms with E-state index in [4.69, 9.17) is 0 Å². The topological polar surface area (TPSA) is 3.24 Å². The van der Waals surface area contributed by atoms with Crippen molar-refractivity contribution < 1.29 is 0 Å². The van der Waals surface area contributed by atoms with Crippen molar-refractivity contribution in [3.63, 3.8) is 0 Å². The first-order valence-corrected chi connectivity index (χ1v) is 7.37. The summed E-state index contributed by atoms with van der Waals surface area (Å²) in [7, 11) is 4.41. The fourth-order valence-electron chi connectivity index (χ4n) is 5.15. The lowest BCUT2D eigenvalue weighted by atomic mass is 9.51. The van der Waals surface area contributed by atoms with Crippen LogP contribution in [-0.2, 0) is 0 Å². The van der Waals surface area contributed by atoms with Gasteiger partial charge in [-0.25, -0.2) is 0 Å². The Kier molecular flexibility index (Phi) is 2.99. The van der Waals surface area contributed by atoms with E-state index in [1.54, 1.807) is 32.1 Å². The predicted octanol–water partition coefficient (Wildman–Crippen LogP) is 3.40. The van der Waals surface area contributed by atoms with Crippen LogP contribution in [0, 0.1) is 29.6 Å². The van der Waals surface area contributed by atoms with Crippen molar-refractivity contribution in [1.82, 2.24) is 4.90 Å². The number of hydrogen-bond donors (Lipinski definition) is 0. The Morgan fingerprint density at radius 3 is 1.94 bits per heavy atom. The third-order valence-corrected chi connectivity index (χ3v) is 5.56. The molecule has 1 heteroatoms. The monoisotopic (exact) mass is 221 g/mol. The van der Waals surface area contributed by atoms with E-state index in [1.807, 2.05) is 0 Å². The highest BCUT2D eigenvalue weighted by atomic mass is 15.0. The van der Waals surface area contributed by atoms with Gasteiger partial charge >= 0.3 is 0 Å². The molecule has 0 aromatic carbocycles. The van der Waals surface area contributed by atoms with Crippen LogP contribution in [0.2, 0.25) is 0 Å². The summed E-state index contributed by atoms with van der Waals surface area (Å²) < 4.78 is 0. The fraction of sp³-hybridized carbons (Fsp3) is 1.00. The van der Waals surface area contributed by atoms with Gasteiger partial charge in [-0.2, -0.15) is 0 Å². The molecule has 4 rings (SSSR count). The van der Waals surface area contributed by atoms with Crippen LogP contribution in [0.3, 0.4) is 0 Å². The molecular formula is C15H27N. The van der Waals surface area contributed by atoms with Crippen LogP contribution in [0.5, 0.6) is 0 Å². The van der Waals surface area contributed by atoms with Gasteiger partial charge in [-0.05, 0) is 95.2 Å². The zero-order valence-corrected chi connectivity index (χ0v) is 11.0. The third-order valence-electron chi connectivity index (χ3n) is 5.56. The highest BCUT2D eigenvalue weighted by Gasteiger charge is 2.47. The molecule has 0 heterocycles. The lowest BCUT2D eigenvalue weighted by Gasteiger charge is -2.54. The molecule has 16 heavy (non-hydrogen) atoms. The average molecular weight is 221 g/mol. The number of nitrogens with zero attached hydrogens (tertiary/aromatic N) is 1. The quantitative estimate of drug-likeness (QED) is 0.703. The van der Waals surface area contributed by atoms with E-state index >= 15 is 0 Å². The van der Waals surface area contributed by atoms with Crippen molar-refractivity contribution in [2.75, 3.05) is 20.6 Å². The molecule has 0 saturated heterocycles. The van der Waals surface area contributed by atoms with Crippen molar-refractivity contribution in [3.05, 3.63) is 0 Å². The van der Waals surface area contributed by atoms with E-state index < -0.39 is 0 Å². The van der Waals surface area contributed by atoms with Gasteiger partial charge < -0.3 is 4.90 Å². The lowest BCUT2D eigenvalue weighted by molar-refractivity contribution is -0.0407. The van der Waals surface area contributed by atoms with Crippen molar-refractivity contribution in [3.8, 4) is 0 Å². The normalized spacial score (nSPS) is 45.6. The molecule has 0 unspecified atom stereocenters. The Balaban J connectivity index is 1.55. The van der Waals surface area contributed by atoms with Crippen LogP contribution in [0.1, 0.15) is 44.9 Å². The van der Waals surface area contributed by atoms with Gasteiger partial charge in [0, 0.05) is 0 Å². The maximum atomic E-state index is 2.34. The van der Waals surface area contributed by atoms with Crippen molar-refractivity contribution in [2.24, 2.45) is 29.6 Å². The predicted molar refractivity (Wildman–Crippen MR) is 68.3 cm³/mol. The molecule has 4 bridgehead atoms. The highest BCUT2D eigenvalue weighted by molar-refractivity contribution is 4.97. The Hall–Kier alpha value is -0.0400. The summed E-state index contributed by atoms with van der Waals surface area (Å²) >= 11 is 0. The number of rotatable bonds is 4. The van der Waals surface area contributed by atoms with E-state index in [9.17, 15) is 0 Å². The largest absolute Gasteiger partial charge is 0.309 e. The van der Waals surface area contributed by atoms with Crippen LogP contribution in [0.15, 0.2) is 0 Å². The number of hydrogen-bond acceptors (Lipinski definition) is 1. The van der Waals surface area contributed by atoms with Crippen LogP contribution >= 0.6 is 0 Å². The molecule has 4 aliphatic carbocycles. The van der Waals surface area contributed by atoms with Gasteiger partial charge in [-0.3, -0.25) is 0 Å². The maximum absolute atomic E-state index is 2.34. The summed E-state index contributed by atoms with van der Waals surface area (Å²) in [4.78, 5) is 2.34. The van der Waals surface area contributed by atoms with Gasteiger partial charge in [-0.1, -0.05) is 0 Å². The molecule has 4 saturated carbocycles. The molecule has 0 aliphatic heterocycles. The summed E-state index contributed by atoms with van der Waals surface area (Å²) in [6.07, 6.45) is 10.9. The standard InChI is InChI=1S/C15H27N/c1-16(2)5-3-4-15-13-7-11-6-12(9-13)10-14(15)8-11/h11-15H,3-10H2,1-2H3. The van der Waals surface area contributed by atoms with Gasteiger partial charge in [-0.15, -0.1) is 0 Å². The van der Waals surface area contributed by atoms with E-state index in [-0.39, 0.29) is 0 Å². The molecule has 4 fully saturated rings. The van der Waals surface area contributed by atoms with Crippen LogP contribution in [0.4, 0.5) is 0 Å². The lowest BCUT2D eigenvalue weighted by Crippen LogP contribution is -2.45. The molecule has 0 atom stereocenters. The second-order valence-electron chi connectivity index (χ2n) is 7.04. The van der Waals surface area contributed by atoms with E-state index in [2.05, 4.69) is 19.0 Å². The van der Waals surface area contributed by atoms with Crippen LogP contribution < -0.4 is 0 Å².